The highest BCUT2D eigenvalue weighted by Crippen LogP contribution is 2.36. The minimum Gasteiger partial charge on any atom is -0.507 e. The number of aldehydes is 1. The summed E-state index contributed by atoms with van der Waals surface area (Å²) in [5, 5.41) is 10.1. The first-order chi connectivity index (χ1) is 8.65. The molecule has 0 spiro atoms. The number of rotatable bonds is 3. The van der Waals surface area contributed by atoms with Gasteiger partial charge >= 0.3 is 0 Å². The molecule has 18 heavy (non-hydrogen) atoms. The summed E-state index contributed by atoms with van der Waals surface area (Å²) >= 11 is 0. The molecule has 0 bridgehead atoms. The summed E-state index contributed by atoms with van der Waals surface area (Å²) in [7, 11) is 3.89. The molecule has 0 saturated carbocycles. The molecule has 2 aromatic carbocycles. The molecular formula is C15H15NO2. The Morgan fingerprint density at radius 1 is 1.00 bits per heavy atom. The van der Waals surface area contributed by atoms with E-state index in [9.17, 15) is 9.90 Å². The van der Waals surface area contributed by atoms with Gasteiger partial charge in [0.1, 0.15) is 5.75 Å². The van der Waals surface area contributed by atoms with Gasteiger partial charge in [0.25, 0.3) is 0 Å². The van der Waals surface area contributed by atoms with Gasteiger partial charge in [0.05, 0.1) is 5.56 Å². The van der Waals surface area contributed by atoms with E-state index in [-0.39, 0.29) is 5.75 Å². The van der Waals surface area contributed by atoms with Crippen LogP contribution in [0.2, 0.25) is 0 Å². The van der Waals surface area contributed by atoms with E-state index in [0.29, 0.717) is 17.4 Å². The Morgan fingerprint density at radius 3 is 2.33 bits per heavy atom. The fourth-order valence-corrected chi connectivity index (χ4v) is 1.97. The first-order valence-corrected chi connectivity index (χ1v) is 5.69. The molecule has 3 heteroatoms. The monoisotopic (exact) mass is 241 g/mol. The number of benzene rings is 2. The predicted molar refractivity (Wildman–Crippen MR) is 73.3 cm³/mol. The lowest BCUT2D eigenvalue weighted by Crippen LogP contribution is -2.09. The summed E-state index contributed by atoms with van der Waals surface area (Å²) in [6.07, 6.45) is 0.664. The molecule has 0 saturated heterocycles. The molecule has 0 aliphatic rings. The average molecular weight is 241 g/mol. The maximum Gasteiger partial charge on any atom is 0.153 e. The molecule has 0 aliphatic heterocycles. The molecular weight excluding hydrogens is 226 g/mol. The first-order valence-electron chi connectivity index (χ1n) is 5.69. The molecule has 0 unspecified atom stereocenters. The predicted octanol–water partition coefficient (Wildman–Crippen LogP) is 2.94. The van der Waals surface area contributed by atoms with Crippen molar-refractivity contribution in [1.82, 2.24) is 0 Å². The minimum absolute atomic E-state index is 0.0294. The normalized spacial score (nSPS) is 10.1. The average Bonchev–Trinajstić information content (AvgIpc) is 2.39. The van der Waals surface area contributed by atoms with E-state index in [1.807, 2.05) is 49.3 Å². The van der Waals surface area contributed by atoms with E-state index < -0.39 is 0 Å². The summed E-state index contributed by atoms with van der Waals surface area (Å²) in [5.41, 5.74) is 2.88. The van der Waals surface area contributed by atoms with Gasteiger partial charge in [-0.05, 0) is 12.1 Å². The van der Waals surface area contributed by atoms with Crippen LogP contribution in [0.15, 0.2) is 42.5 Å². The lowest BCUT2D eigenvalue weighted by atomic mass is 10.00. The molecule has 0 heterocycles. The summed E-state index contributed by atoms with van der Waals surface area (Å²) < 4.78 is 0. The summed E-state index contributed by atoms with van der Waals surface area (Å²) in [5.74, 6) is 0.0294. The van der Waals surface area contributed by atoms with Crippen LogP contribution >= 0.6 is 0 Å². The summed E-state index contributed by atoms with van der Waals surface area (Å²) in [4.78, 5) is 12.8. The molecule has 0 radical (unpaired) electrons. The number of nitrogens with zero attached hydrogens (tertiary/aromatic N) is 1. The Balaban J connectivity index is 2.66. The summed E-state index contributed by atoms with van der Waals surface area (Å²) in [6.45, 7) is 0. The maximum absolute atomic E-state index is 10.9. The Hall–Kier alpha value is -2.29. The number of carbonyl (C=O) groups is 1. The van der Waals surface area contributed by atoms with Crippen molar-refractivity contribution in [2.75, 3.05) is 19.0 Å². The molecule has 2 aromatic rings. The highest BCUT2D eigenvalue weighted by Gasteiger charge is 2.12. The third-order valence-electron chi connectivity index (χ3n) is 2.87. The maximum atomic E-state index is 10.9. The number of hydrogen-bond donors (Lipinski definition) is 1. The van der Waals surface area contributed by atoms with Gasteiger partial charge in [-0.3, -0.25) is 4.79 Å². The van der Waals surface area contributed by atoms with Crippen molar-refractivity contribution in [3.8, 4) is 16.9 Å². The van der Waals surface area contributed by atoms with Crippen LogP contribution in [0.4, 0.5) is 5.69 Å². The van der Waals surface area contributed by atoms with Crippen LogP contribution in [0, 0.1) is 0 Å². The van der Waals surface area contributed by atoms with Crippen molar-refractivity contribution < 1.29 is 9.90 Å². The van der Waals surface area contributed by atoms with Crippen molar-refractivity contribution >= 4 is 12.0 Å². The van der Waals surface area contributed by atoms with Crippen molar-refractivity contribution in [3.63, 3.8) is 0 Å². The van der Waals surface area contributed by atoms with Crippen LogP contribution in [-0.4, -0.2) is 25.5 Å². The first kappa shape index (κ1) is 12.2. The number of phenols is 1. The van der Waals surface area contributed by atoms with Gasteiger partial charge in [0, 0.05) is 30.9 Å². The van der Waals surface area contributed by atoms with E-state index in [1.54, 1.807) is 12.1 Å². The van der Waals surface area contributed by atoms with Crippen LogP contribution in [0.5, 0.6) is 5.75 Å². The number of aromatic hydroxyl groups is 1. The lowest BCUT2D eigenvalue weighted by Gasteiger charge is -2.18. The van der Waals surface area contributed by atoms with E-state index in [4.69, 9.17) is 0 Å². The van der Waals surface area contributed by atoms with Gasteiger partial charge in [-0.2, -0.15) is 0 Å². The standard InChI is InChI=1S/C15H15NO2/c1-16(2)14-9-4-3-7-12(14)13-8-5-6-11(10-17)15(13)18/h3-10,18H,1-2H3. The fraction of sp³-hybridized carbons (Fsp3) is 0.133. The Kier molecular flexibility index (Phi) is 3.33. The zero-order chi connectivity index (χ0) is 13.1. The smallest absolute Gasteiger partial charge is 0.153 e. The number of para-hydroxylation sites is 2. The zero-order valence-electron chi connectivity index (χ0n) is 10.4. The van der Waals surface area contributed by atoms with E-state index in [1.165, 1.54) is 0 Å². The second-order valence-electron chi connectivity index (χ2n) is 4.27. The molecule has 0 aliphatic carbocycles. The molecule has 0 amide bonds. The van der Waals surface area contributed by atoms with Crippen LogP contribution in [0.25, 0.3) is 11.1 Å². The number of phenolic OH excluding ortho intramolecular Hbond substituents is 1. The second kappa shape index (κ2) is 4.92. The van der Waals surface area contributed by atoms with E-state index >= 15 is 0 Å². The second-order valence-corrected chi connectivity index (χ2v) is 4.27. The van der Waals surface area contributed by atoms with Crippen molar-refractivity contribution in [2.24, 2.45) is 0 Å². The van der Waals surface area contributed by atoms with Crippen LogP contribution in [0.3, 0.4) is 0 Å². The number of hydrogen-bond acceptors (Lipinski definition) is 3. The summed E-state index contributed by atoms with van der Waals surface area (Å²) in [6, 6.07) is 12.9. The Labute approximate surface area is 106 Å². The molecule has 0 fully saturated rings. The lowest BCUT2D eigenvalue weighted by molar-refractivity contribution is 0.112. The Bertz CT molecular complexity index is 576. The molecule has 1 N–H and O–H groups in total. The third kappa shape index (κ3) is 2.07. The quantitative estimate of drug-likeness (QED) is 0.840. The fourth-order valence-electron chi connectivity index (χ4n) is 1.97. The number of anilines is 1. The third-order valence-corrected chi connectivity index (χ3v) is 2.87. The van der Waals surface area contributed by atoms with Gasteiger partial charge in [-0.25, -0.2) is 0 Å². The van der Waals surface area contributed by atoms with Crippen molar-refractivity contribution in [1.29, 1.82) is 0 Å². The van der Waals surface area contributed by atoms with Gasteiger partial charge in [0.15, 0.2) is 6.29 Å². The zero-order valence-corrected chi connectivity index (χ0v) is 10.4. The highest BCUT2D eigenvalue weighted by atomic mass is 16.3. The van der Waals surface area contributed by atoms with Crippen molar-refractivity contribution in [2.45, 2.75) is 0 Å². The highest BCUT2D eigenvalue weighted by molar-refractivity contribution is 5.89. The molecule has 2 rings (SSSR count). The molecule has 92 valence electrons. The van der Waals surface area contributed by atoms with Gasteiger partial charge in [-0.1, -0.05) is 30.3 Å². The van der Waals surface area contributed by atoms with E-state index in [0.717, 1.165) is 11.3 Å². The van der Waals surface area contributed by atoms with Crippen LogP contribution in [0.1, 0.15) is 10.4 Å². The van der Waals surface area contributed by atoms with Crippen molar-refractivity contribution in [3.05, 3.63) is 48.0 Å². The van der Waals surface area contributed by atoms with Gasteiger partial charge in [0.2, 0.25) is 0 Å². The van der Waals surface area contributed by atoms with Crippen LogP contribution < -0.4 is 4.90 Å². The van der Waals surface area contributed by atoms with E-state index in [2.05, 4.69) is 0 Å². The molecule has 0 atom stereocenters. The van der Waals surface area contributed by atoms with Gasteiger partial charge in [-0.15, -0.1) is 0 Å². The van der Waals surface area contributed by atoms with Crippen LogP contribution in [-0.2, 0) is 0 Å². The number of carbonyl (C=O) groups excluding carboxylic acids is 1. The van der Waals surface area contributed by atoms with Gasteiger partial charge < -0.3 is 10.0 Å². The Morgan fingerprint density at radius 2 is 1.67 bits per heavy atom. The SMILES string of the molecule is CN(C)c1ccccc1-c1cccc(C=O)c1O. The topological polar surface area (TPSA) is 40.5 Å². The molecule has 0 aromatic heterocycles. The minimum atomic E-state index is 0.0294. The molecule has 3 nitrogen and oxygen atoms in total. The largest absolute Gasteiger partial charge is 0.507 e.